The molecule has 8 aromatic rings. The molecule has 0 aliphatic carbocycles. The maximum atomic E-state index is 12.9. The maximum absolute atomic E-state index is 12.9. The Hall–Kier alpha value is -8.66. The van der Waals surface area contributed by atoms with Gasteiger partial charge in [-0.05, 0) is 97.5 Å². The van der Waals surface area contributed by atoms with E-state index in [4.69, 9.17) is 10.8 Å². The molecule has 0 unspecified atom stereocenters. The summed E-state index contributed by atoms with van der Waals surface area (Å²) in [6.45, 7) is 3.32. The van der Waals surface area contributed by atoms with E-state index in [2.05, 4.69) is 30.0 Å². The summed E-state index contributed by atoms with van der Waals surface area (Å²) in [5, 5.41) is 23.5. The van der Waals surface area contributed by atoms with E-state index < -0.39 is 49.1 Å². The van der Waals surface area contributed by atoms with Gasteiger partial charge in [-0.1, -0.05) is 97.1 Å². The topological polar surface area (TPSA) is 276 Å². The lowest BCUT2D eigenvalue weighted by Gasteiger charge is -2.21. The van der Waals surface area contributed by atoms with Gasteiger partial charge in [-0.2, -0.15) is 0 Å². The van der Waals surface area contributed by atoms with Gasteiger partial charge in [0.1, 0.15) is 11.6 Å². The van der Waals surface area contributed by atoms with Gasteiger partial charge in [0.25, 0.3) is 25.7 Å². The molecule has 4 amide bonds. The van der Waals surface area contributed by atoms with Crippen molar-refractivity contribution in [2.75, 3.05) is 12.8 Å². The summed E-state index contributed by atoms with van der Waals surface area (Å²) >= 11 is 0. The fraction of sp³-hybridized carbons (Fsp3) is 0.137. The summed E-state index contributed by atoms with van der Waals surface area (Å²) in [6.07, 6.45) is 7.35. The minimum atomic E-state index is -4.11. The van der Waals surface area contributed by atoms with Crippen LogP contribution >= 0.6 is 0 Å². The molecule has 0 aliphatic rings. The van der Waals surface area contributed by atoms with E-state index in [0.29, 0.717) is 47.0 Å². The number of aliphatic hydroxyl groups is 1. The Morgan fingerprint density at radius 2 is 0.944 bits per heavy atom. The number of carbonyl (C=O) groups excluding carboxylic acids is 2. The van der Waals surface area contributed by atoms with Crippen LogP contribution in [-0.2, 0) is 32.9 Å². The Morgan fingerprint density at radius 1 is 0.583 bits per heavy atom. The van der Waals surface area contributed by atoms with Crippen molar-refractivity contribution in [1.82, 2.24) is 39.2 Å². The van der Waals surface area contributed by atoms with Gasteiger partial charge in [0.15, 0.2) is 0 Å². The Kier molecular flexibility index (Phi) is 17.8. The van der Waals surface area contributed by atoms with Crippen LogP contribution < -0.4 is 25.8 Å². The second-order valence-electron chi connectivity index (χ2n) is 15.8. The van der Waals surface area contributed by atoms with Crippen molar-refractivity contribution in [3.63, 3.8) is 0 Å². The molecule has 0 radical (unpaired) electrons. The third kappa shape index (κ3) is 13.8. The van der Waals surface area contributed by atoms with Crippen LogP contribution in [0.3, 0.4) is 0 Å². The minimum absolute atomic E-state index is 0.00661. The van der Waals surface area contributed by atoms with Crippen LogP contribution in [0.5, 0.6) is 0 Å². The fourth-order valence-electron chi connectivity index (χ4n) is 7.51. The number of nitrogens with two attached hydrogens (primary N) is 1. The van der Waals surface area contributed by atoms with Gasteiger partial charge in [-0.25, -0.2) is 45.8 Å². The monoisotopic (exact) mass is 1010 g/mol. The SMILES string of the molecule is CO.Cc1ccccc1S(=O)(=O)NC(=O)N[C@@H](Cc1ccccc1)c1nccn1-c1ccc(N)cc1.Cc1ccccc1S(=O)(=O)NC(=O)N[C@@H](Cc1ccccc1)c1nccn1-c1ccc([N+](=O)[O-])cc1. The van der Waals surface area contributed by atoms with E-state index in [0.717, 1.165) is 23.9 Å². The standard InChI is InChI=1S/C25H23N5O5S.C25H25N5O3S.CH4O/c1-18-7-5-6-10-23(18)36(34,35)28-25(31)27-22(17-19-8-3-2-4-9-19)24-26-15-16-29(24)20-11-13-21(14-12-20)30(32)33;1-18-7-5-6-10-23(18)34(32,33)29-25(31)28-22(17-19-8-3-2-4-9-19)24-27-15-16-30(24)21-13-11-20(26)12-14-21;1-2/h2-16,22H,17H2,1H3,(H2,27,28,31);2-16,22H,17,26H2,1H3,(H2,28,29,31);2H,1H3/t2*22-;/m00./s1. The zero-order valence-electron chi connectivity index (χ0n) is 39.2. The highest BCUT2D eigenvalue weighted by molar-refractivity contribution is 7.90. The Bertz CT molecular complexity index is 3320. The molecule has 372 valence electrons. The lowest BCUT2D eigenvalue weighted by Crippen LogP contribution is -2.42. The molecule has 0 spiro atoms. The highest BCUT2D eigenvalue weighted by atomic mass is 32.2. The summed E-state index contributed by atoms with van der Waals surface area (Å²) in [5.41, 5.74) is 10.7. The zero-order valence-corrected chi connectivity index (χ0v) is 40.9. The number of hydrogen-bond donors (Lipinski definition) is 6. The summed E-state index contributed by atoms with van der Waals surface area (Å²) in [7, 11) is -7.15. The summed E-state index contributed by atoms with van der Waals surface area (Å²) < 4.78 is 59.0. The van der Waals surface area contributed by atoms with Crippen LogP contribution in [0, 0.1) is 24.0 Å². The van der Waals surface area contributed by atoms with E-state index in [1.165, 1.54) is 24.3 Å². The lowest BCUT2D eigenvalue weighted by molar-refractivity contribution is -0.384. The Balaban J connectivity index is 0.000000228. The minimum Gasteiger partial charge on any atom is -0.400 e. The number of nitrogens with zero attached hydrogens (tertiary/aromatic N) is 5. The van der Waals surface area contributed by atoms with Gasteiger partial charge < -0.3 is 30.6 Å². The average molecular weight is 1010 g/mol. The number of hydrogen-bond acceptors (Lipinski definition) is 12. The number of aliphatic hydroxyl groups excluding tert-OH is 1. The first-order valence-electron chi connectivity index (χ1n) is 22.1. The molecule has 0 fully saturated rings. The number of imidazole rings is 2. The van der Waals surface area contributed by atoms with Gasteiger partial charge in [0.2, 0.25) is 0 Å². The number of nitro benzene ring substituents is 1. The zero-order chi connectivity index (χ0) is 51.8. The van der Waals surface area contributed by atoms with Crippen molar-refractivity contribution in [3.05, 3.63) is 227 Å². The number of nitrogen functional groups attached to an aromatic ring is 1. The fourth-order valence-corrected chi connectivity index (χ4v) is 9.84. The molecule has 0 bridgehead atoms. The van der Waals surface area contributed by atoms with Crippen LogP contribution in [-0.4, -0.2) is 65.1 Å². The second kappa shape index (κ2) is 24.3. The van der Waals surface area contributed by atoms with E-state index in [-0.39, 0.29) is 15.5 Å². The van der Waals surface area contributed by atoms with Gasteiger partial charge >= 0.3 is 12.1 Å². The molecule has 19 nitrogen and oxygen atoms in total. The largest absolute Gasteiger partial charge is 0.400 e. The van der Waals surface area contributed by atoms with Crippen LogP contribution in [0.15, 0.2) is 192 Å². The van der Waals surface area contributed by atoms with E-state index in [1.54, 1.807) is 104 Å². The predicted molar refractivity (Wildman–Crippen MR) is 272 cm³/mol. The highest BCUT2D eigenvalue weighted by Gasteiger charge is 2.27. The molecule has 6 aromatic carbocycles. The van der Waals surface area contributed by atoms with Gasteiger partial charge in [-0.15, -0.1) is 0 Å². The van der Waals surface area contributed by atoms with Crippen LogP contribution in [0.4, 0.5) is 21.0 Å². The molecule has 0 saturated heterocycles. The normalized spacial score (nSPS) is 11.8. The molecule has 2 heterocycles. The lowest BCUT2D eigenvalue weighted by atomic mass is 10.1. The predicted octanol–water partition coefficient (Wildman–Crippen LogP) is 7.40. The first kappa shape index (κ1) is 52.7. The number of anilines is 1. The number of benzene rings is 6. The van der Waals surface area contributed by atoms with E-state index >= 15 is 0 Å². The summed E-state index contributed by atoms with van der Waals surface area (Å²) in [6, 6.07) is 41.9. The summed E-state index contributed by atoms with van der Waals surface area (Å²) in [4.78, 5) is 45.2. The van der Waals surface area contributed by atoms with Crippen molar-refractivity contribution >= 4 is 43.5 Å². The molecule has 21 heteroatoms. The molecule has 0 aliphatic heterocycles. The number of nitrogens with one attached hydrogen (secondary N) is 4. The molecular formula is C51H52N10O9S2. The smallest absolute Gasteiger partial charge is 0.329 e. The number of rotatable bonds is 15. The van der Waals surface area contributed by atoms with Crippen LogP contribution in [0.2, 0.25) is 0 Å². The number of nitro groups is 1. The molecular weight excluding hydrogens is 961 g/mol. The first-order chi connectivity index (χ1) is 34.6. The third-order valence-corrected chi connectivity index (χ3v) is 13.9. The van der Waals surface area contributed by atoms with Crippen LogP contribution in [0.1, 0.15) is 46.0 Å². The molecule has 7 N–H and O–H groups in total. The van der Waals surface area contributed by atoms with E-state index in [9.17, 15) is 36.5 Å². The van der Waals surface area contributed by atoms with Gasteiger partial charge in [0, 0.05) is 61.1 Å². The molecule has 2 atom stereocenters. The highest BCUT2D eigenvalue weighted by Crippen LogP contribution is 2.25. The van der Waals surface area contributed by atoms with Gasteiger partial charge in [-0.3, -0.25) is 10.1 Å². The number of non-ortho nitro benzene ring substituents is 1. The van der Waals surface area contributed by atoms with Gasteiger partial charge in [0.05, 0.1) is 26.8 Å². The number of amides is 4. The first-order valence-corrected chi connectivity index (χ1v) is 25.0. The molecule has 2 aromatic heterocycles. The third-order valence-electron chi connectivity index (χ3n) is 10.9. The van der Waals surface area contributed by atoms with Crippen molar-refractivity contribution in [1.29, 1.82) is 0 Å². The number of aryl methyl sites for hydroxylation is 2. The number of urea groups is 2. The Labute approximate surface area is 416 Å². The number of carbonyl (C=O) groups is 2. The average Bonchev–Trinajstić information content (AvgIpc) is 4.07. The molecule has 0 saturated carbocycles. The maximum Gasteiger partial charge on any atom is 0.329 e. The quantitative estimate of drug-likeness (QED) is 0.0333. The van der Waals surface area contributed by atoms with Crippen molar-refractivity contribution in [2.24, 2.45) is 0 Å². The van der Waals surface area contributed by atoms with Crippen molar-refractivity contribution < 1.29 is 36.5 Å². The number of aromatic nitrogens is 4. The van der Waals surface area contributed by atoms with Crippen LogP contribution in [0.25, 0.3) is 11.4 Å². The Morgan fingerprint density at radius 3 is 1.32 bits per heavy atom. The molecule has 72 heavy (non-hydrogen) atoms. The number of sulfonamides is 2. The molecule has 8 rings (SSSR count). The summed E-state index contributed by atoms with van der Waals surface area (Å²) in [5.74, 6) is 0.980. The second-order valence-corrected chi connectivity index (χ2v) is 19.2. The van der Waals surface area contributed by atoms with Crippen molar-refractivity contribution in [2.45, 2.75) is 48.6 Å². The van der Waals surface area contributed by atoms with E-state index in [1.807, 2.05) is 77.4 Å². The van der Waals surface area contributed by atoms with Crippen molar-refractivity contribution in [3.8, 4) is 11.4 Å².